The molecule has 0 aromatic carbocycles. The van der Waals surface area contributed by atoms with Crippen molar-refractivity contribution in [1.82, 2.24) is 15.2 Å². The summed E-state index contributed by atoms with van der Waals surface area (Å²) in [6.07, 6.45) is 8.26. The fourth-order valence-corrected chi connectivity index (χ4v) is 4.01. The molecule has 5 heteroatoms. The number of ether oxygens (including phenoxy) is 1. The number of amides is 1. The van der Waals surface area contributed by atoms with Crippen LogP contribution in [0.2, 0.25) is 0 Å². The highest BCUT2D eigenvalue weighted by Crippen LogP contribution is 2.43. The van der Waals surface area contributed by atoms with E-state index in [1.807, 2.05) is 0 Å². The summed E-state index contributed by atoms with van der Waals surface area (Å²) in [5, 5.41) is 3.03. The molecule has 124 valence electrons. The molecule has 1 aliphatic carbocycles. The highest BCUT2D eigenvalue weighted by molar-refractivity contribution is 5.93. The molecule has 23 heavy (non-hydrogen) atoms. The normalized spacial score (nSPS) is 26.2. The minimum Gasteiger partial charge on any atom is -0.372 e. The lowest BCUT2D eigenvalue weighted by Crippen LogP contribution is -2.65. The van der Waals surface area contributed by atoms with Crippen molar-refractivity contribution in [2.24, 2.45) is 11.8 Å². The fraction of sp³-hybridized carbons (Fsp3) is 0.667. The SMILES string of the molecule is O=C(NCCC1CCOC12CN(CC1CC1)C2)c1ccncc1. The summed E-state index contributed by atoms with van der Waals surface area (Å²) in [5.74, 6) is 1.52. The Morgan fingerprint density at radius 2 is 2.09 bits per heavy atom. The topological polar surface area (TPSA) is 54.5 Å². The maximum absolute atomic E-state index is 12.1. The summed E-state index contributed by atoms with van der Waals surface area (Å²) >= 11 is 0. The number of aromatic nitrogens is 1. The molecule has 1 spiro atoms. The second-order valence-corrected chi connectivity index (χ2v) is 7.29. The lowest BCUT2D eigenvalue weighted by Gasteiger charge is -2.50. The van der Waals surface area contributed by atoms with E-state index in [2.05, 4.69) is 15.2 Å². The van der Waals surface area contributed by atoms with Gasteiger partial charge in [-0.3, -0.25) is 14.7 Å². The van der Waals surface area contributed by atoms with E-state index in [-0.39, 0.29) is 11.5 Å². The third-order valence-electron chi connectivity index (χ3n) is 5.52. The maximum atomic E-state index is 12.1. The van der Waals surface area contributed by atoms with Crippen molar-refractivity contribution in [2.45, 2.75) is 31.3 Å². The van der Waals surface area contributed by atoms with E-state index in [0.717, 1.165) is 45.0 Å². The second-order valence-electron chi connectivity index (χ2n) is 7.29. The first-order chi connectivity index (χ1) is 11.3. The Balaban J connectivity index is 1.23. The van der Waals surface area contributed by atoms with Gasteiger partial charge in [-0.05, 0) is 49.7 Å². The minimum absolute atomic E-state index is 0.00988. The van der Waals surface area contributed by atoms with Crippen LogP contribution in [0.1, 0.15) is 36.0 Å². The third-order valence-corrected chi connectivity index (χ3v) is 5.52. The predicted octanol–water partition coefficient (Wildman–Crippen LogP) is 1.70. The van der Waals surface area contributed by atoms with Crippen LogP contribution in [-0.2, 0) is 4.74 Å². The van der Waals surface area contributed by atoms with Gasteiger partial charge in [-0.25, -0.2) is 0 Å². The van der Waals surface area contributed by atoms with Crippen molar-refractivity contribution in [3.8, 4) is 0 Å². The zero-order valence-electron chi connectivity index (χ0n) is 13.5. The zero-order chi connectivity index (χ0) is 15.7. The summed E-state index contributed by atoms with van der Waals surface area (Å²) in [5.41, 5.74) is 0.757. The molecule has 5 nitrogen and oxygen atoms in total. The molecule has 1 unspecified atom stereocenters. The molecule has 1 aromatic heterocycles. The Morgan fingerprint density at radius 3 is 2.83 bits per heavy atom. The number of pyridine rings is 1. The molecule has 1 amide bonds. The summed E-state index contributed by atoms with van der Waals surface area (Å²) in [4.78, 5) is 18.6. The number of carbonyl (C=O) groups is 1. The molecule has 4 rings (SSSR count). The van der Waals surface area contributed by atoms with Crippen LogP contribution in [0.25, 0.3) is 0 Å². The molecule has 0 bridgehead atoms. The van der Waals surface area contributed by atoms with Crippen molar-refractivity contribution in [3.63, 3.8) is 0 Å². The number of nitrogens with zero attached hydrogens (tertiary/aromatic N) is 2. The van der Waals surface area contributed by atoms with E-state index in [1.165, 1.54) is 19.4 Å². The van der Waals surface area contributed by atoms with Crippen molar-refractivity contribution in [2.75, 3.05) is 32.8 Å². The van der Waals surface area contributed by atoms with Gasteiger partial charge in [0.15, 0.2) is 0 Å². The number of likely N-dealkylation sites (tertiary alicyclic amines) is 1. The highest BCUT2D eigenvalue weighted by Gasteiger charge is 2.52. The number of rotatable bonds is 6. The van der Waals surface area contributed by atoms with Crippen LogP contribution >= 0.6 is 0 Å². The molecule has 3 fully saturated rings. The van der Waals surface area contributed by atoms with Crippen LogP contribution in [-0.4, -0.2) is 54.2 Å². The summed E-state index contributed by atoms with van der Waals surface area (Å²) in [6.45, 7) is 5.04. The van der Waals surface area contributed by atoms with E-state index < -0.39 is 0 Å². The largest absolute Gasteiger partial charge is 0.372 e. The highest BCUT2D eigenvalue weighted by atomic mass is 16.5. The number of hydrogen-bond donors (Lipinski definition) is 1. The Kier molecular flexibility index (Phi) is 4.07. The van der Waals surface area contributed by atoms with E-state index >= 15 is 0 Å². The predicted molar refractivity (Wildman–Crippen MR) is 87.1 cm³/mol. The molecular weight excluding hydrogens is 290 g/mol. The van der Waals surface area contributed by atoms with E-state index in [9.17, 15) is 4.79 Å². The van der Waals surface area contributed by atoms with Gasteiger partial charge < -0.3 is 10.1 Å². The van der Waals surface area contributed by atoms with E-state index in [4.69, 9.17) is 4.74 Å². The van der Waals surface area contributed by atoms with Gasteiger partial charge >= 0.3 is 0 Å². The van der Waals surface area contributed by atoms with Crippen molar-refractivity contribution >= 4 is 5.91 Å². The molecule has 3 aliphatic rings. The van der Waals surface area contributed by atoms with Gasteiger partial charge in [-0.2, -0.15) is 0 Å². The molecule has 1 saturated carbocycles. The van der Waals surface area contributed by atoms with Crippen LogP contribution in [0, 0.1) is 11.8 Å². The van der Waals surface area contributed by atoms with E-state index in [0.29, 0.717) is 11.5 Å². The molecule has 1 atom stereocenters. The molecule has 1 N–H and O–H groups in total. The molecule has 1 aromatic rings. The Morgan fingerprint density at radius 1 is 1.30 bits per heavy atom. The molecule has 2 saturated heterocycles. The lowest BCUT2D eigenvalue weighted by atomic mass is 9.79. The van der Waals surface area contributed by atoms with Crippen LogP contribution < -0.4 is 5.32 Å². The third kappa shape index (κ3) is 3.26. The maximum Gasteiger partial charge on any atom is 0.251 e. The van der Waals surface area contributed by atoms with Crippen molar-refractivity contribution in [3.05, 3.63) is 30.1 Å². The number of nitrogens with one attached hydrogen (secondary N) is 1. The van der Waals surface area contributed by atoms with Gasteiger partial charge in [-0.1, -0.05) is 0 Å². The lowest BCUT2D eigenvalue weighted by molar-refractivity contribution is -0.134. The Bertz CT molecular complexity index is 553. The second kappa shape index (κ2) is 6.21. The van der Waals surface area contributed by atoms with Crippen molar-refractivity contribution in [1.29, 1.82) is 0 Å². The summed E-state index contributed by atoms with van der Waals surface area (Å²) in [7, 11) is 0. The first-order valence-corrected chi connectivity index (χ1v) is 8.80. The first kappa shape index (κ1) is 15.1. The first-order valence-electron chi connectivity index (χ1n) is 8.80. The standard InChI is InChI=1S/C18H25N3O2/c22-17(15-3-7-19-8-4-15)20-9-5-16-6-10-23-18(16)12-21(13-18)11-14-1-2-14/h3-4,7-8,14,16H,1-2,5-6,9-13H2,(H,20,22). The molecule has 2 aliphatic heterocycles. The molecule has 0 radical (unpaired) electrons. The number of carbonyl (C=O) groups excluding carboxylic acids is 1. The van der Waals surface area contributed by atoms with E-state index in [1.54, 1.807) is 24.5 Å². The average Bonchev–Trinajstić information content (AvgIpc) is 3.26. The minimum atomic E-state index is -0.00988. The fourth-order valence-electron chi connectivity index (χ4n) is 4.01. The van der Waals surface area contributed by atoms with Crippen molar-refractivity contribution < 1.29 is 9.53 Å². The van der Waals surface area contributed by atoms with Gasteiger partial charge in [0, 0.05) is 50.7 Å². The smallest absolute Gasteiger partial charge is 0.251 e. The Hall–Kier alpha value is -1.46. The van der Waals surface area contributed by atoms with Gasteiger partial charge in [0.25, 0.3) is 5.91 Å². The Labute approximate surface area is 137 Å². The molecular formula is C18H25N3O2. The van der Waals surface area contributed by atoms with Crippen LogP contribution in [0.5, 0.6) is 0 Å². The van der Waals surface area contributed by atoms with Gasteiger partial charge in [0.1, 0.15) is 0 Å². The van der Waals surface area contributed by atoms with Crippen LogP contribution in [0.4, 0.5) is 0 Å². The van der Waals surface area contributed by atoms with Gasteiger partial charge in [-0.15, -0.1) is 0 Å². The monoisotopic (exact) mass is 315 g/mol. The van der Waals surface area contributed by atoms with Crippen LogP contribution in [0.15, 0.2) is 24.5 Å². The summed E-state index contributed by atoms with van der Waals surface area (Å²) in [6, 6.07) is 3.49. The van der Waals surface area contributed by atoms with Crippen LogP contribution in [0.3, 0.4) is 0 Å². The summed E-state index contributed by atoms with van der Waals surface area (Å²) < 4.78 is 6.10. The number of hydrogen-bond acceptors (Lipinski definition) is 4. The van der Waals surface area contributed by atoms with Gasteiger partial charge in [0.2, 0.25) is 0 Å². The quantitative estimate of drug-likeness (QED) is 0.868. The zero-order valence-corrected chi connectivity index (χ0v) is 13.5. The average molecular weight is 315 g/mol. The molecule has 3 heterocycles. The van der Waals surface area contributed by atoms with Gasteiger partial charge in [0.05, 0.1) is 5.60 Å².